The second-order valence-electron chi connectivity index (χ2n) is 4.23. The van der Waals surface area contributed by atoms with Gasteiger partial charge >= 0.3 is 0 Å². The molecule has 0 atom stereocenters. The Kier molecular flexibility index (Phi) is 5.27. The van der Waals surface area contributed by atoms with Gasteiger partial charge in [0.15, 0.2) is 6.61 Å². The molecule has 0 bridgehead atoms. The van der Waals surface area contributed by atoms with Crippen molar-refractivity contribution in [2.45, 2.75) is 6.54 Å². The minimum Gasteiger partial charge on any atom is -0.481 e. The molecule has 5 heteroatoms. The molecule has 0 fully saturated rings. The van der Waals surface area contributed by atoms with E-state index in [0.717, 1.165) is 5.56 Å². The van der Waals surface area contributed by atoms with Gasteiger partial charge < -0.3 is 4.74 Å². The molecule has 0 aromatic heterocycles. The summed E-state index contributed by atoms with van der Waals surface area (Å²) < 4.78 is 5.52. The van der Waals surface area contributed by atoms with E-state index in [1.165, 1.54) is 0 Å². The highest BCUT2D eigenvalue weighted by atomic mass is 35.5. The average molecular weight is 310 g/mol. The maximum atomic E-state index is 5.90. The molecule has 0 radical (unpaired) electrons. The SMILES string of the molecule is NC(COc1ccc(Cl)c(Cl)c1)=[NH+]Cc1ccccc1. The molecule has 2 rings (SSSR count). The van der Waals surface area contributed by atoms with Crippen molar-refractivity contribution in [3.8, 4) is 5.75 Å². The van der Waals surface area contributed by atoms with Crippen molar-refractivity contribution in [3.05, 3.63) is 64.1 Å². The van der Waals surface area contributed by atoms with Crippen molar-refractivity contribution in [3.63, 3.8) is 0 Å². The van der Waals surface area contributed by atoms with Crippen LogP contribution in [-0.4, -0.2) is 12.4 Å². The lowest BCUT2D eigenvalue weighted by atomic mass is 10.2. The molecule has 2 aromatic carbocycles. The topological polar surface area (TPSA) is 49.2 Å². The minimum atomic E-state index is 0.269. The molecule has 0 saturated carbocycles. The number of halogens is 2. The van der Waals surface area contributed by atoms with Gasteiger partial charge in [-0.05, 0) is 17.7 Å². The second kappa shape index (κ2) is 7.17. The lowest BCUT2D eigenvalue weighted by molar-refractivity contribution is -0.477. The summed E-state index contributed by atoms with van der Waals surface area (Å²) in [7, 11) is 0. The summed E-state index contributed by atoms with van der Waals surface area (Å²) in [5.41, 5.74) is 7.02. The Bertz CT molecular complexity index is 600. The van der Waals surface area contributed by atoms with Crippen LogP contribution in [0.15, 0.2) is 48.5 Å². The van der Waals surface area contributed by atoms with Gasteiger partial charge in [0.1, 0.15) is 12.3 Å². The van der Waals surface area contributed by atoms with Gasteiger partial charge in [0.05, 0.1) is 10.0 Å². The highest BCUT2D eigenvalue weighted by molar-refractivity contribution is 6.42. The molecule has 0 unspecified atom stereocenters. The first-order valence-corrected chi connectivity index (χ1v) is 6.87. The molecular weight excluding hydrogens is 295 g/mol. The Balaban J connectivity index is 1.88. The van der Waals surface area contributed by atoms with Crippen LogP contribution in [0, 0.1) is 0 Å². The van der Waals surface area contributed by atoms with Crippen molar-refractivity contribution >= 4 is 29.0 Å². The molecule has 0 heterocycles. The van der Waals surface area contributed by atoms with Crippen molar-refractivity contribution < 1.29 is 9.73 Å². The molecule has 104 valence electrons. The van der Waals surface area contributed by atoms with Crippen LogP contribution in [0.3, 0.4) is 0 Å². The van der Waals surface area contributed by atoms with Crippen LogP contribution >= 0.6 is 23.2 Å². The zero-order valence-electron chi connectivity index (χ0n) is 10.8. The average Bonchev–Trinajstić information content (AvgIpc) is 2.47. The van der Waals surface area contributed by atoms with Gasteiger partial charge in [0, 0.05) is 6.07 Å². The summed E-state index contributed by atoms with van der Waals surface area (Å²) in [5.74, 6) is 1.18. The summed E-state index contributed by atoms with van der Waals surface area (Å²) in [6.45, 7) is 0.933. The maximum absolute atomic E-state index is 5.90. The Morgan fingerprint density at radius 3 is 2.50 bits per heavy atom. The highest BCUT2D eigenvalue weighted by Crippen LogP contribution is 2.26. The van der Waals surface area contributed by atoms with Crippen molar-refractivity contribution in [1.82, 2.24) is 0 Å². The van der Waals surface area contributed by atoms with E-state index in [1.54, 1.807) is 18.2 Å². The standard InChI is InChI=1S/C15H14Cl2N2O/c16-13-7-6-12(8-14(13)17)20-10-15(18)19-9-11-4-2-1-3-5-11/h1-8H,9-10H2,(H2,18,19)/p+1. The van der Waals surface area contributed by atoms with Crippen LogP contribution in [0.25, 0.3) is 0 Å². The zero-order valence-corrected chi connectivity index (χ0v) is 12.3. The van der Waals surface area contributed by atoms with E-state index in [1.807, 2.05) is 30.3 Å². The molecule has 3 N–H and O–H groups in total. The fourth-order valence-corrected chi connectivity index (χ4v) is 1.88. The number of nitrogens with one attached hydrogen (secondary N) is 1. The minimum absolute atomic E-state index is 0.269. The van der Waals surface area contributed by atoms with E-state index in [9.17, 15) is 0 Å². The summed E-state index contributed by atoms with van der Waals surface area (Å²) in [6, 6.07) is 15.1. The molecule has 0 aliphatic carbocycles. The highest BCUT2D eigenvalue weighted by Gasteiger charge is 2.04. The number of nitrogens with two attached hydrogens (primary N) is 1. The van der Waals surface area contributed by atoms with Crippen molar-refractivity contribution in [1.29, 1.82) is 0 Å². The number of hydrogen-bond donors (Lipinski definition) is 2. The molecule has 0 amide bonds. The van der Waals surface area contributed by atoms with Crippen molar-refractivity contribution in [2.75, 3.05) is 6.61 Å². The number of amidine groups is 1. The first-order chi connectivity index (χ1) is 9.65. The van der Waals surface area contributed by atoms with E-state index in [-0.39, 0.29) is 6.61 Å². The fraction of sp³-hybridized carbons (Fsp3) is 0.133. The maximum Gasteiger partial charge on any atom is 0.279 e. The van der Waals surface area contributed by atoms with Gasteiger partial charge in [-0.25, -0.2) is 0 Å². The third-order valence-corrected chi connectivity index (χ3v) is 3.39. The zero-order chi connectivity index (χ0) is 14.4. The molecular formula is C15H15Cl2N2O+. The van der Waals surface area contributed by atoms with Gasteiger partial charge in [-0.3, -0.25) is 10.7 Å². The largest absolute Gasteiger partial charge is 0.481 e. The number of ether oxygens (including phenoxy) is 1. The molecule has 0 saturated heterocycles. The van der Waals surface area contributed by atoms with E-state index in [2.05, 4.69) is 4.99 Å². The Morgan fingerprint density at radius 2 is 1.80 bits per heavy atom. The number of benzene rings is 2. The van der Waals surface area contributed by atoms with E-state index >= 15 is 0 Å². The molecule has 0 aliphatic heterocycles. The van der Waals surface area contributed by atoms with Gasteiger partial charge in [-0.2, -0.15) is 0 Å². The third-order valence-electron chi connectivity index (χ3n) is 2.65. The van der Waals surface area contributed by atoms with E-state index in [0.29, 0.717) is 28.2 Å². The van der Waals surface area contributed by atoms with Crippen LogP contribution in [0.1, 0.15) is 5.56 Å². The second-order valence-corrected chi connectivity index (χ2v) is 5.04. The Labute approximate surface area is 128 Å². The van der Waals surface area contributed by atoms with Crippen LogP contribution in [0.4, 0.5) is 0 Å². The molecule has 0 aliphatic rings. The van der Waals surface area contributed by atoms with Gasteiger partial charge in [-0.1, -0.05) is 53.5 Å². The van der Waals surface area contributed by atoms with Gasteiger partial charge in [0.2, 0.25) is 0 Å². The Hall–Kier alpha value is -1.71. The normalized spacial score (nSPS) is 11.4. The van der Waals surface area contributed by atoms with E-state index in [4.69, 9.17) is 33.7 Å². The quantitative estimate of drug-likeness (QED) is 0.656. The first-order valence-electron chi connectivity index (χ1n) is 6.12. The fourth-order valence-electron chi connectivity index (χ4n) is 1.59. The number of hydrogen-bond acceptors (Lipinski definition) is 1. The summed E-state index contributed by atoms with van der Waals surface area (Å²) >= 11 is 11.7. The first kappa shape index (κ1) is 14.7. The lowest BCUT2D eigenvalue weighted by Crippen LogP contribution is -2.75. The smallest absolute Gasteiger partial charge is 0.279 e. The number of rotatable bonds is 5. The van der Waals surface area contributed by atoms with Gasteiger partial charge in [0.25, 0.3) is 5.84 Å². The monoisotopic (exact) mass is 309 g/mol. The molecule has 20 heavy (non-hydrogen) atoms. The third kappa shape index (κ3) is 4.44. The predicted octanol–water partition coefficient (Wildman–Crippen LogP) is 2.01. The Morgan fingerprint density at radius 1 is 1.05 bits per heavy atom. The molecule has 0 spiro atoms. The van der Waals surface area contributed by atoms with Crippen LogP contribution < -0.4 is 15.5 Å². The summed E-state index contributed by atoms with van der Waals surface area (Å²) in [6.07, 6.45) is 0. The van der Waals surface area contributed by atoms with E-state index < -0.39 is 0 Å². The van der Waals surface area contributed by atoms with Gasteiger partial charge in [-0.15, -0.1) is 0 Å². The van der Waals surface area contributed by atoms with Crippen LogP contribution in [-0.2, 0) is 6.54 Å². The van der Waals surface area contributed by atoms with Crippen LogP contribution in [0.5, 0.6) is 5.75 Å². The van der Waals surface area contributed by atoms with Crippen molar-refractivity contribution in [2.24, 2.45) is 5.73 Å². The molecule has 2 aromatic rings. The predicted molar refractivity (Wildman–Crippen MR) is 82.3 cm³/mol. The van der Waals surface area contributed by atoms with Crippen LogP contribution in [0.2, 0.25) is 10.0 Å². The summed E-state index contributed by atoms with van der Waals surface area (Å²) in [4.78, 5) is 3.11. The lowest BCUT2D eigenvalue weighted by Gasteiger charge is -2.04. The summed E-state index contributed by atoms with van der Waals surface area (Å²) in [5, 5.41) is 0.957. The molecule has 3 nitrogen and oxygen atoms in total.